The summed E-state index contributed by atoms with van der Waals surface area (Å²) in [7, 11) is 0. The third kappa shape index (κ3) is 4.88. The first-order chi connectivity index (χ1) is 13.7. The van der Waals surface area contributed by atoms with Crippen molar-refractivity contribution in [3.05, 3.63) is 92.3 Å². The molecule has 9 heteroatoms. The van der Waals surface area contributed by atoms with E-state index in [-0.39, 0.29) is 22.5 Å². The smallest absolute Gasteiger partial charge is 0.417 e. The second kappa shape index (κ2) is 8.69. The van der Waals surface area contributed by atoms with E-state index in [9.17, 15) is 22.7 Å². The highest BCUT2D eigenvalue weighted by atomic mass is 79.9. The van der Waals surface area contributed by atoms with Gasteiger partial charge in [-0.25, -0.2) is 9.37 Å². The molecular weight excluding hydrogens is 478 g/mol. The number of ether oxygens (including phenoxy) is 1. The van der Waals surface area contributed by atoms with Crippen molar-refractivity contribution in [1.29, 1.82) is 0 Å². The lowest BCUT2D eigenvalue weighted by molar-refractivity contribution is -0.137. The average Bonchev–Trinajstić information content (AvgIpc) is 2.67. The molecule has 152 valence electrons. The molecule has 1 atom stereocenters. The first-order valence-corrected chi connectivity index (χ1v) is 9.42. The summed E-state index contributed by atoms with van der Waals surface area (Å²) in [6.45, 7) is 0.142. The highest BCUT2D eigenvalue weighted by molar-refractivity contribution is 9.10. The first kappa shape index (κ1) is 21.5. The standard InChI is InChI=1S/C20H13BrClF4NO2/c21-13-7-6-12(20(24,25)26)17(22)16(13)19(28)18-14(23)8-9-15(27-18)29-10-11-4-2-1-3-5-11/h1-9,19,28H,10H2. The van der Waals surface area contributed by atoms with Crippen molar-refractivity contribution < 1.29 is 27.4 Å². The minimum Gasteiger partial charge on any atom is -0.473 e. The summed E-state index contributed by atoms with van der Waals surface area (Å²) in [4.78, 5) is 3.93. The van der Waals surface area contributed by atoms with E-state index in [1.165, 1.54) is 6.07 Å². The number of hydrogen-bond donors (Lipinski definition) is 1. The summed E-state index contributed by atoms with van der Waals surface area (Å²) in [6, 6.07) is 13.2. The number of hydrogen-bond acceptors (Lipinski definition) is 3. The molecule has 0 spiro atoms. The molecule has 1 unspecified atom stereocenters. The summed E-state index contributed by atoms with van der Waals surface area (Å²) < 4.78 is 59.3. The van der Waals surface area contributed by atoms with Crippen molar-refractivity contribution in [2.75, 3.05) is 0 Å². The van der Waals surface area contributed by atoms with Crippen LogP contribution in [0.5, 0.6) is 5.88 Å². The molecule has 0 aliphatic carbocycles. The third-order valence-corrected chi connectivity index (χ3v) is 5.14. The number of pyridine rings is 1. The Morgan fingerprint density at radius 2 is 1.76 bits per heavy atom. The fourth-order valence-electron chi connectivity index (χ4n) is 2.62. The molecule has 1 N–H and O–H groups in total. The lowest BCUT2D eigenvalue weighted by Crippen LogP contribution is -2.12. The summed E-state index contributed by atoms with van der Waals surface area (Å²) in [5, 5.41) is 9.85. The fourth-order valence-corrected chi connectivity index (χ4v) is 3.66. The quantitative estimate of drug-likeness (QED) is 0.426. The zero-order valence-corrected chi connectivity index (χ0v) is 16.9. The SMILES string of the molecule is OC(c1nc(OCc2ccccc2)ccc1F)c1c(Br)ccc(C(F)(F)F)c1Cl. The Labute approximate surface area is 177 Å². The molecular formula is C20H13BrClF4NO2. The molecule has 0 amide bonds. The Morgan fingerprint density at radius 3 is 2.41 bits per heavy atom. The van der Waals surface area contributed by atoms with Crippen molar-refractivity contribution in [1.82, 2.24) is 4.98 Å². The number of nitrogens with zero attached hydrogens (tertiary/aromatic N) is 1. The number of rotatable bonds is 5. The van der Waals surface area contributed by atoms with Crippen LogP contribution in [-0.4, -0.2) is 10.1 Å². The maximum Gasteiger partial charge on any atom is 0.417 e. The Balaban J connectivity index is 1.94. The number of alkyl halides is 3. The molecule has 0 aliphatic rings. The molecule has 3 nitrogen and oxygen atoms in total. The van der Waals surface area contributed by atoms with Gasteiger partial charge in [-0.15, -0.1) is 0 Å². The number of halogens is 6. The van der Waals surface area contributed by atoms with Gasteiger partial charge in [0, 0.05) is 16.1 Å². The van der Waals surface area contributed by atoms with Crippen molar-refractivity contribution in [2.24, 2.45) is 0 Å². The largest absolute Gasteiger partial charge is 0.473 e. The van der Waals surface area contributed by atoms with Crippen molar-refractivity contribution in [3.63, 3.8) is 0 Å². The van der Waals surface area contributed by atoms with E-state index in [1.54, 1.807) is 0 Å². The molecule has 1 aromatic heterocycles. The van der Waals surface area contributed by atoms with Crippen LogP contribution < -0.4 is 4.74 Å². The highest BCUT2D eigenvalue weighted by Gasteiger charge is 2.36. The second-order valence-corrected chi connectivity index (χ2v) is 7.25. The van der Waals surface area contributed by atoms with Gasteiger partial charge in [-0.3, -0.25) is 0 Å². The summed E-state index contributed by atoms with van der Waals surface area (Å²) in [5.41, 5.74) is -1.15. The van der Waals surface area contributed by atoms with Crippen LogP contribution in [0.15, 0.2) is 59.1 Å². The first-order valence-electron chi connectivity index (χ1n) is 8.25. The molecule has 3 rings (SSSR count). The Kier molecular flexibility index (Phi) is 6.45. The van der Waals surface area contributed by atoms with E-state index in [4.69, 9.17) is 16.3 Å². The van der Waals surface area contributed by atoms with Gasteiger partial charge < -0.3 is 9.84 Å². The molecule has 0 bridgehead atoms. The van der Waals surface area contributed by atoms with E-state index < -0.39 is 34.4 Å². The lowest BCUT2D eigenvalue weighted by Gasteiger charge is -2.19. The molecule has 0 saturated heterocycles. The third-order valence-electron chi connectivity index (χ3n) is 4.04. The number of aliphatic hydroxyl groups excluding tert-OH is 1. The van der Waals surface area contributed by atoms with Crippen LogP contribution >= 0.6 is 27.5 Å². The fraction of sp³-hybridized carbons (Fsp3) is 0.150. The number of benzene rings is 2. The van der Waals surface area contributed by atoms with E-state index in [0.717, 1.165) is 23.8 Å². The van der Waals surface area contributed by atoms with Crippen LogP contribution in [0.3, 0.4) is 0 Å². The van der Waals surface area contributed by atoms with Crippen LogP contribution in [-0.2, 0) is 12.8 Å². The molecule has 0 saturated carbocycles. The number of aliphatic hydroxyl groups is 1. The van der Waals surface area contributed by atoms with E-state index in [0.29, 0.717) is 0 Å². The molecule has 29 heavy (non-hydrogen) atoms. The monoisotopic (exact) mass is 489 g/mol. The van der Waals surface area contributed by atoms with E-state index in [1.807, 2.05) is 30.3 Å². The summed E-state index contributed by atoms with van der Waals surface area (Å²) in [6.07, 6.45) is -6.58. The molecule has 0 radical (unpaired) electrons. The van der Waals surface area contributed by atoms with E-state index >= 15 is 0 Å². The molecule has 0 fully saturated rings. The predicted octanol–water partition coefficient (Wildman–Crippen LogP) is 6.32. The Morgan fingerprint density at radius 1 is 1.07 bits per heavy atom. The van der Waals surface area contributed by atoms with Gasteiger partial charge in [-0.05, 0) is 23.8 Å². The molecule has 0 aliphatic heterocycles. The zero-order chi connectivity index (χ0) is 21.2. The second-order valence-electron chi connectivity index (χ2n) is 6.01. The van der Waals surface area contributed by atoms with Crippen LogP contribution in [0.25, 0.3) is 0 Å². The van der Waals surface area contributed by atoms with Crippen LogP contribution in [0.1, 0.15) is 28.5 Å². The number of aromatic nitrogens is 1. The molecule has 3 aromatic rings. The highest BCUT2D eigenvalue weighted by Crippen LogP contribution is 2.42. The summed E-state index contributed by atoms with van der Waals surface area (Å²) >= 11 is 8.94. The van der Waals surface area contributed by atoms with Gasteiger partial charge in [0.25, 0.3) is 0 Å². The predicted molar refractivity (Wildman–Crippen MR) is 103 cm³/mol. The van der Waals surface area contributed by atoms with Gasteiger partial charge in [-0.2, -0.15) is 13.2 Å². The van der Waals surface area contributed by atoms with Crippen LogP contribution in [0, 0.1) is 5.82 Å². The van der Waals surface area contributed by atoms with Gasteiger partial charge in [0.2, 0.25) is 5.88 Å². The molecule has 1 heterocycles. The van der Waals surface area contributed by atoms with Gasteiger partial charge >= 0.3 is 6.18 Å². The van der Waals surface area contributed by atoms with Gasteiger partial charge in [-0.1, -0.05) is 57.9 Å². The van der Waals surface area contributed by atoms with Crippen molar-refractivity contribution in [2.45, 2.75) is 18.9 Å². The maximum atomic E-state index is 14.3. The van der Waals surface area contributed by atoms with Gasteiger partial charge in [0.1, 0.15) is 24.2 Å². The van der Waals surface area contributed by atoms with Crippen LogP contribution in [0.2, 0.25) is 5.02 Å². The minimum absolute atomic E-state index is 0.00326. The average molecular weight is 491 g/mol. The minimum atomic E-state index is -4.74. The topological polar surface area (TPSA) is 42.4 Å². The Hall–Kier alpha value is -2.16. The normalized spacial score (nSPS) is 12.7. The Bertz CT molecular complexity index is 1020. The molecule has 2 aromatic carbocycles. The van der Waals surface area contributed by atoms with Gasteiger partial charge in [0.15, 0.2) is 0 Å². The van der Waals surface area contributed by atoms with Gasteiger partial charge in [0.05, 0.1) is 10.6 Å². The maximum absolute atomic E-state index is 14.3. The van der Waals surface area contributed by atoms with Crippen LogP contribution in [0.4, 0.5) is 17.6 Å². The summed E-state index contributed by atoms with van der Waals surface area (Å²) in [5.74, 6) is -0.909. The lowest BCUT2D eigenvalue weighted by atomic mass is 10.0. The zero-order valence-electron chi connectivity index (χ0n) is 14.6. The van der Waals surface area contributed by atoms with Crippen molar-refractivity contribution in [3.8, 4) is 5.88 Å². The van der Waals surface area contributed by atoms with E-state index in [2.05, 4.69) is 20.9 Å². The van der Waals surface area contributed by atoms with Crippen molar-refractivity contribution >= 4 is 27.5 Å².